The fourth-order valence-electron chi connectivity index (χ4n) is 13.8. The van der Waals surface area contributed by atoms with Crippen molar-refractivity contribution in [3.63, 3.8) is 0 Å². The van der Waals surface area contributed by atoms with Crippen LogP contribution in [0.25, 0.3) is 0 Å². The minimum Gasteiger partial charge on any atom is -0.508 e. The lowest BCUT2D eigenvalue weighted by molar-refractivity contribution is -0.0581. The Balaban J connectivity index is 0.686. The van der Waals surface area contributed by atoms with Gasteiger partial charge in [-0.15, -0.1) is 0 Å². The molecule has 354 valence electrons. The standard InChI is InChI=1S/C55H71N3O8/c1-33(2)9-8-10-34(3)42-19-20-43-40-15-12-36-30-39(21-23-53(36,4)44(40)22-24-54(42,43)5)64-52(63)58-28-27-56-25-6-7-26-57-50(61)35-11-16-45-41(29-35)51(62)66-55(45)46-17-13-37(59)31-48(46)65-49-32-38(60)14-18-47(49)55/h11-14,16-18,29,31-34,39-40,42-44,56,59-60H,6-10,15,19-28,30H2,1-5H3,(H,57,61)(H,58,63)/t34-,39+,40+,42-,43?,44+,53+,54-/m1/s1. The number of hydrogen-bond acceptors (Lipinski definition) is 9. The van der Waals surface area contributed by atoms with Gasteiger partial charge in [0.2, 0.25) is 0 Å². The number of carbonyl (C=O) groups excluding carboxylic acids is 3. The number of fused-ring (bicyclic) bond motifs is 11. The van der Waals surface area contributed by atoms with Crippen LogP contribution in [0.1, 0.15) is 155 Å². The van der Waals surface area contributed by atoms with Crippen molar-refractivity contribution in [3.8, 4) is 23.0 Å². The smallest absolute Gasteiger partial charge is 0.407 e. The van der Waals surface area contributed by atoms with Crippen molar-refractivity contribution in [2.24, 2.45) is 46.3 Å². The number of esters is 1. The monoisotopic (exact) mass is 902 g/mol. The third-order valence-electron chi connectivity index (χ3n) is 17.2. The van der Waals surface area contributed by atoms with Gasteiger partial charge < -0.3 is 40.4 Å². The van der Waals surface area contributed by atoms with Crippen LogP contribution in [-0.4, -0.2) is 60.5 Å². The highest BCUT2D eigenvalue weighted by atomic mass is 16.6. The molecule has 3 aromatic carbocycles. The SMILES string of the molecule is CC(C)CCC[C@@H](C)[C@H]1CCC2[C@@H]3CC=C4C[C@@H](OC(=O)NCCNCCCCNC(=O)c5ccc6c(c5)C(=O)OC65c6ccc(O)cc6Oc6cc(O)ccc65)CC[C@]4(C)[C@H]3CC[C@@]21C. The van der Waals surface area contributed by atoms with Crippen molar-refractivity contribution in [2.45, 2.75) is 130 Å². The zero-order chi connectivity index (χ0) is 46.4. The summed E-state index contributed by atoms with van der Waals surface area (Å²) < 4.78 is 18.2. The number of hydrogen-bond donors (Lipinski definition) is 5. The van der Waals surface area contributed by atoms with Gasteiger partial charge in [0.05, 0.1) is 5.56 Å². The molecule has 0 aromatic heterocycles. The minimum absolute atomic E-state index is 0.0223. The van der Waals surface area contributed by atoms with Crippen LogP contribution >= 0.6 is 0 Å². The van der Waals surface area contributed by atoms with E-state index in [9.17, 15) is 24.6 Å². The summed E-state index contributed by atoms with van der Waals surface area (Å²) in [7, 11) is 0. The Labute approximate surface area is 390 Å². The van der Waals surface area contributed by atoms with E-state index in [-0.39, 0.29) is 40.6 Å². The maximum absolute atomic E-state index is 13.4. The Hall–Kier alpha value is -5.03. The van der Waals surface area contributed by atoms with Crippen LogP contribution in [-0.2, 0) is 15.1 Å². The van der Waals surface area contributed by atoms with E-state index in [1.54, 1.807) is 30.3 Å². The molecule has 3 aromatic rings. The quantitative estimate of drug-likeness (QED) is 0.0569. The summed E-state index contributed by atoms with van der Waals surface area (Å²) in [4.78, 5) is 39.6. The maximum Gasteiger partial charge on any atom is 0.407 e. The third kappa shape index (κ3) is 8.47. The highest BCUT2D eigenvalue weighted by Crippen LogP contribution is 2.67. The van der Waals surface area contributed by atoms with E-state index in [1.165, 1.54) is 81.2 Å². The van der Waals surface area contributed by atoms with E-state index in [0.29, 0.717) is 58.8 Å². The molecule has 2 aliphatic heterocycles. The molecule has 0 radical (unpaired) electrons. The van der Waals surface area contributed by atoms with Gasteiger partial charge in [0.1, 0.15) is 29.1 Å². The van der Waals surface area contributed by atoms with Crippen molar-refractivity contribution < 1.29 is 38.8 Å². The Bertz CT molecular complexity index is 2310. The number of amides is 2. The van der Waals surface area contributed by atoms with Crippen molar-refractivity contribution in [1.82, 2.24) is 16.0 Å². The van der Waals surface area contributed by atoms with E-state index in [1.807, 2.05) is 0 Å². The summed E-state index contributed by atoms with van der Waals surface area (Å²) in [5.41, 5.74) is 3.04. The number of unbranched alkanes of at least 4 members (excludes halogenated alkanes) is 1. The molecule has 11 nitrogen and oxygen atoms in total. The molecule has 11 heteroatoms. The van der Waals surface area contributed by atoms with Crippen molar-refractivity contribution in [2.75, 3.05) is 26.2 Å². The Morgan fingerprint density at radius 3 is 2.26 bits per heavy atom. The number of rotatable bonds is 15. The van der Waals surface area contributed by atoms with E-state index in [4.69, 9.17) is 14.2 Å². The molecule has 0 bridgehead atoms. The van der Waals surface area contributed by atoms with Crippen molar-refractivity contribution >= 4 is 18.0 Å². The fourth-order valence-corrected chi connectivity index (χ4v) is 13.8. The first-order valence-electron chi connectivity index (χ1n) is 25.1. The molecule has 2 heterocycles. The molecule has 2 amide bonds. The Morgan fingerprint density at radius 2 is 1.52 bits per heavy atom. The number of phenols is 2. The summed E-state index contributed by atoms with van der Waals surface area (Å²) in [6.07, 6.45) is 17.5. The van der Waals surface area contributed by atoms with Gasteiger partial charge in [0.15, 0.2) is 5.60 Å². The predicted molar refractivity (Wildman–Crippen MR) is 254 cm³/mol. The molecular weight excluding hydrogens is 831 g/mol. The second kappa shape index (κ2) is 18.6. The van der Waals surface area contributed by atoms with Crippen LogP contribution < -0.4 is 20.7 Å². The molecule has 0 saturated heterocycles. The molecule has 3 fully saturated rings. The Kier molecular flexibility index (Phi) is 13.0. The van der Waals surface area contributed by atoms with Crippen LogP contribution in [0.4, 0.5) is 4.79 Å². The Morgan fingerprint density at radius 1 is 0.788 bits per heavy atom. The minimum atomic E-state index is -1.38. The number of allylic oxidation sites excluding steroid dienone is 1. The van der Waals surface area contributed by atoms with Gasteiger partial charge in [0.25, 0.3) is 5.91 Å². The lowest BCUT2D eigenvalue weighted by Gasteiger charge is -2.58. The molecular formula is C55H71N3O8. The normalized spacial score (nSPS) is 28.1. The summed E-state index contributed by atoms with van der Waals surface area (Å²) in [5.74, 6) is 4.52. The lowest BCUT2D eigenvalue weighted by Crippen LogP contribution is -2.51. The number of alkyl carbamates (subject to hydrolysis) is 1. The lowest BCUT2D eigenvalue weighted by atomic mass is 9.47. The van der Waals surface area contributed by atoms with Crippen LogP contribution in [0.3, 0.4) is 0 Å². The van der Waals surface area contributed by atoms with Gasteiger partial charge in [0, 0.05) is 60.4 Å². The zero-order valence-electron chi connectivity index (χ0n) is 39.7. The number of carbonyl (C=O) groups is 3. The van der Waals surface area contributed by atoms with Crippen LogP contribution in [0.2, 0.25) is 0 Å². The zero-order valence-corrected chi connectivity index (χ0v) is 39.7. The maximum atomic E-state index is 13.4. The summed E-state index contributed by atoms with van der Waals surface area (Å²) in [6, 6.07) is 14.1. The average molecular weight is 902 g/mol. The summed E-state index contributed by atoms with van der Waals surface area (Å²) in [5, 5.41) is 29.6. The molecule has 3 saturated carbocycles. The van der Waals surface area contributed by atoms with E-state index in [2.05, 4.69) is 56.6 Å². The molecule has 1 spiro atoms. The molecule has 8 atom stereocenters. The first-order valence-corrected chi connectivity index (χ1v) is 25.1. The van der Waals surface area contributed by atoms with Gasteiger partial charge in [-0.05, 0) is 147 Å². The van der Waals surface area contributed by atoms with Crippen molar-refractivity contribution in [3.05, 3.63) is 94.1 Å². The first-order chi connectivity index (χ1) is 31.7. The topological polar surface area (TPSA) is 155 Å². The van der Waals surface area contributed by atoms with Crippen LogP contribution in [0, 0.1) is 46.3 Å². The number of aromatic hydroxyl groups is 2. The van der Waals surface area contributed by atoms with Gasteiger partial charge in [-0.25, -0.2) is 9.59 Å². The second-order valence-electron chi connectivity index (χ2n) is 21.5. The largest absolute Gasteiger partial charge is 0.508 e. The molecule has 6 aliphatic rings. The average Bonchev–Trinajstić information content (AvgIpc) is 3.79. The fraction of sp³-hybridized carbons (Fsp3) is 0.582. The first kappa shape index (κ1) is 46.1. The second-order valence-corrected chi connectivity index (χ2v) is 21.5. The van der Waals surface area contributed by atoms with Gasteiger partial charge in [-0.2, -0.15) is 0 Å². The number of ether oxygens (including phenoxy) is 3. The number of nitrogens with one attached hydrogen (secondary N) is 3. The summed E-state index contributed by atoms with van der Waals surface area (Å²) >= 11 is 0. The third-order valence-corrected chi connectivity index (χ3v) is 17.2. The highest BCUT2D eigenvalue weighted by molar-refractivity contribution is 6.01. The molecule has 5 N–H and O–H groups in total. The number of phenolic OH excluding ortho intramolecular Hbond substituents is 2. The molecule has 1 unspecified atom stereocenters. The number of benzene rings is 3. The predicted octanol–water partition coefficient (Wildman–Crippen LogP) is 10.9. The van der Waals surface area contributed by atoms with Crippen LogP contribution in [0.5, 0.6) is 23.0 Å². The molecule has 66 heavy (non-hydrogen) atoms. The van der Waals surface area contributed by atoms with E-state index < -0.39 is 11.6 Å². The summed E-state index contributed by atoms with van der Waals surface area (Å²) in [6.45, 7) is 14.7. The van der Waals surface area contributed by atoms with Gasteiger partial charge in [-0.1, -0.05) is 71.6 Å². The van der Waals surface area contributed by atoms with E-state index >= 15 is 0 Å². The van der Waals surface area contributed by atoms with Gasteiger partial charge >= 0.3 is 12.1 Å². The highest BCUT2D eigenvalue weighted by Gasteiger charge is 2.59. The van der Waals surface area contributed by atoms with Gasteiger partial charge in [-0.3, -0.25) is 4.79 Å². The molecule has 9 rings (SSSR count). The van der Waals surface area contributed by atoms with Crippen molar-refractivity contribution in [1.29, 1.82) is 0 Å². The van der Waals surface area contributed by atoms with Crippen LogP contribution in [0.15, 0.2) is 66.2 Å². The van der Waals surface area contributed by atoms with E-state index in [0.717, 1.165) is 74.2 Å². The molecule has 4 aliphatic carbocycles.